The molecule has 4 heterocycles. The molecule has 5 rings (SSSR count). The molecule has 0 saturated carbocycles. The maximum absolute atomic E-state index is 14.8. The molecule has 3 aromatic heterocycles. The number of carbonyl (C=O) groups is 2. The number of ketones is 1. The molecule has 0 aliphatic carbocycles. The first-order valence-corrected chi connectivity index (χ1v) is 11.4. The Labute approximate surface area is 209 Å². The van der Waals surface area contributed by atoms with E-state index in [0.717, 1.165) is 17.6 Å². The quantitative estimate of drug-likeness (QED) is 0.267. The highest BCUT2D eigenvalue weighted by atomic mass is 19.1. The molecule has 0 bridgehead atoms. The number of para-hydroxylation sites is 1. The van der Waals surface area contributed by atoms with Gasteiger partial charge in [-0.05, 0) is 18.2 Å². The molecule has 3 N–H and O–H groups in total. The lowest BCUT2D eigenvalue weighted by Crippen LogP contribution is -2.51. The van der Waals surface area contributed by atoms with Crippen molar-refractivity contribution < 1.29 is 14.0 Å². The third-order valence-electron chi connectivity index (χ3n) is 6.09. The van der Waals surface area contributed by atoms with Gasteiger partial charge in [0.2, 0.25) is 0 Å². The number of H-pyrrole nitrogens is 1. The molecule has 13 heteroatoms. The topological polar surface area (TPSA) is 144 Å². The maximum atomic E-state index is 14.8. The van der Waals surface area contributed by atoms with Gasteiger partial charge in [0.15, 0.2) is 11.6 Å². The largest absolute Gasteiger partial charge is 0.382 e. The van der Waals surface area contributed by atoms with Crippen molar-refractivity contribution in [1.82, 2.24) is 39.9 Å². The zero-order valence-electron chi connectivity index (χ0n) is 19.7. The Balaban J connectivity index is 1.37. The molecule has 37 heavy (non-hydrogen) atoms. The Bertz CT molecular complexity index is 1560. The number of hydrogen-bond acceptors (Lipinski definition) is 8. The number of piperazine rings is 1. The van der Waals surface area contributed by atoms with E-state index in [0.29, 0.717) is 13.1 Å². The Kier molecular flexibility index (Phi) is 6.32. The van der Waals surface area contributed by atoms with E-state index in [1.165, 1.54) is 28.2 Å². The van der Waals surface area contributed by atoms with Gasteiger partial charge in [0, 0.05) is 32.4 Å². The first-order chi connectivity index (χ1) is 18.0. The minimum absolute atomic E-state index is 0.00764. The summed E-state index contributed by atoms with van der Waals surface area (Å²) in [6.07, 6.45) is 6.74. The van der Waals surface area contributed by atoms with Crippen LogP contribution < -0.4 is 21.2 Å². The number of halogens is 1. The van der Waals surface area contributed by atoms with Gasteiger partial charge in [-0.15, -0.1) is 10.2 Å². The molecule has 1 fully saturated rings. The van der Waals surface area contributed by atoms with Crippen molar-refractivity contribution in [3.63, 3.8) is 0 Å². The Morgan fingerprint density at radius 3 is 2.51 bits per heavy atom. The smallest absolute Gasteiger partial charge is 0.295 e. The van der Waals surface area contributed by atoms with E-state index >= 15 is 0 Å². The van der Waals surface area contributed by atoms with Crippen molar-refractivity contribution >= 4 is 29.2 Å². The van der Waals surface area contributed by atoms with Crippen LogP contribution in [0.1, 0.15) is 10.4 Å². The lowest BCUT2D eigenvalue weighted by atomic mass is 10.1. The predicted octanol–water partition coefficient (Wildman–Crippen LogP) is -0.445. The minimum atomic E-state index is -0.856. The van der Waals surface area contributed by atoms with Crippen LogP contribution in [0, 0.1) is 0 Å². The molecule has 188 valence electrons. The van der Waals surface area contributed by atoms with Crippen LogP contribution in [0.4, 0.5) is 10.2 Å². The first kappa shape index (κ1) is 23.7. The lowest BCUT2D eigenvalue weighted by molar-refractivity contribution is -0.126. The number of aromatic nitrogens is 7. The van der Waals surface area contributed by atoms with E-state index in [4.69, 9.17) is 5.73 Å². The molecule has 0 unspecified atom stereocenters. The molecule has 1 amide bonds. The zero-order chi connectivity index (χ0) is 25.9. The highest BCUT2D eigenvalue weighted by molar-refractivity contribution is 6.42. The number of benzene rings is 1. The maximum Gasteiger partial charge on any atom is 0.295 e. The van der Waals surface area contributed by atoms with E-state index in [1.54, 1.807) is 10.9 Å². The van der Waals surface area contributed by atoms with Crippen molar-refractivity contribution in [2.75, 3.05) is 31.1 Å². The molecule has 1 aliphatic heterocycles. The van der Waals surface area contributed by atoms with Crippen molar-refractivity contribution in [2.24, 2.45) is 5.73 Å². The van der Waals surface area contributed by atoms with E-state index < -0.39 is 17.5 Å². The average molecular weight is 503 g/mol. The summed E-state index contributed by atoms with van der Waals surface area (Å²) in [4.78, 5) is 32.6. The van der Waals surface area contributed by atoms with Crippen LogP contribution in [0.5, 0.6) is 0 Å². The number of aromatic amines is 1. The second-order valence-corrected chi connectivity index (χ2v) is 8.19. The van der Waals surface area contributed by atoms with Crippen LogP contribution in [0.3, 0.4) is 0 Å². The molecule has 0 atom stereocenters. The summed E-state index contributed by atoms with van der Waals surface area (Å²) >= 11 is 0. The van der Waals surface area contributed by atoms with Crippen LogP contribution in [0.2, 0.25) is 0 Å². The van der Waals surface area contributed by atoms with Crippen LogP contribution in [-0.4, -0.2) is 77.7 Å². The number of hydrogen-bond donors (Lipinski definition) is 2. The number of nitrogens with two attached hydrogens (primary N) is 1. The number of Topliss-reactive ketones (excluding diaryl/α,β-unsaturated/α-hetero) is 1. The zero-order valence-corrected chi connectivity index (χ0v) is 19.7. The fraction of sp³-hybridized carbons (Fsp3) is 0.167. The van der Waals surface area contributed by atoms with Gasteiger partial charge in [-0.3, -0.25) is 9.59 Å². The van der Waals surface area contributed by atoms with Gasteiger partial charge in [-0.25, -0.2) is 9.07 Å². The van der Waals surface area contributed by atoms with Gasteiger partial charge in [-0.2, -0.15) is 4.68 Å². The Morgan fingerprint density at radius 2 is 1.84 bits per heavy atom. The molecule has 12 nitrogen and oxygen atoms in total. The van der Waals surface area contributed by atoms with Crippen LogP contribution >= 0.6 is 0 Å². The van der Waals surface area contributed by atoms with Gasteiger partial charge in [-0.1, -0.05) is 35.2 Å². The molecule has 0 spiro atoms. The summed E-state index contributed by atoms with van der Waals surface area (Å²) in [5.74, 6) is -1.61. The Hall–Kier alpha value is -5.07. The van der Waals surface area contributed by atoms with Crippen LogP contribution in [-0.2, 0) is 4.79 Å². The van der Waals surface area contributed by atoms with Gasteiger partial charge in [0.05, 0.1) is 40.4 Å². The number of nitrogens with one attached hydrogen (secondary N) is 1. The molecule has 0 radical (unpaired) electrons. The second kappa shape index (κ2) is 9.89. The molecule has 1 aliphatic rings. The fourth-order valence-corrected chi connectivity index (χ4v) is 4.20. The molecular weight excluding hydrogens is 479 g/mol. The molecule has 4 aromatic rings. The summed E-state index contributed by atoms with van der Waals surface area (Å²) in [5, 5.41) is 15.6. The summed E-state index contributed by atoms with van der Waals surface area (Å²) in [7, 11) is 0. The highest BCUT2D eigenvalue weighted by Crippen LogP contribution is 2.19. The first-order valence-electron chi connectivity index (χ1n) is 11.4. The number of allylic oxidation sites excluding steroid dienone is 1. The number of carbonyl (C=O) groups excluding carboxylic acids is 2. The van der Waals surface area contributed by atoms with Crippen molar-refractivity contribution in [2.45, 2.75) is 0 Å². The van der Waals surface area contributed by atoms with E-state index in [-0.39, 0.29) is 35.0 Å². The number of amides is 1. The number of anilines is 1. The molecule has 1 aromatic carbocycles. The van der Waals surface area contributed by atoms with Gasteiger partial charge in [0.25, 0.3) is 11.7 Å². The number of rotatable bonds is 6. The third-order valence-corrected chi connectivity index (χ3v) is 6.09. The van der Waals surface area contributed by atoms with Crippen molar-refractivity contribution in [3.8, 4) is 5.69 Å². The van der Waals surface area contributed by atoms with E-state index in [9.17, 15) is 14.0 Å². The summed E-state index contributed by atoms with van der Waals surface area (Å²) in [6.45, 7) is 4.95. The summed E-state index contributed by atoms with van der Waals surface area (Å²) in [6, 6.07) is 9.58. The summed E-state index contributed by atoms with van der Waals surface area (Å²) < 4.78 is 17.8. The Morgan fingerprint density at radius 1 is 1.08 bits per heavy atom. The van der Waals surface area contributed by atoms with Crippen molar-refractivity contribution in [1.29, 1.82) is 0 Å². The van der Waals surface area contributed by atoms with Gasteiger partial charge in [0.1, 0.15) is 5.83 Å². The highest BCUT2D eigenvalue weighted by Gasteiger charge is 2.30. The average Bonchev–Trinajstić information content (AvgIpc) is 3.73. The minimum Gasteiger partial charge on any atom is -0.382 e. The van der Waals surface area contributed by atoms with E-state index in [2.05, 4.69) is 32.2 Å². The SMILES string of the molecule is C=C/C(F)=c1/c(C(=O)C(=O)N2CCN(c3cnnn3-c3ccccc3)CC2)c[nH]/c1=C(/N)n1ccnn1. The van der Waals surface area contributed by atoms with Crippen molar-refractivity contribution in [3.05, 3.63) is 83.9 Å². The fourth-order valence-electron chi connectivity index (χ4n) is 4.20. The lowest BCUT2D eigenvalue weighted by Gasteiger charge is -2.35. The third kappa shape index (κ3) is 4.37. The normalized spacial score (nSPS) is 15.4. The van der Waals surface area contributed by atoms with E-state index in [1.807, 2.05) is 35.2 Å². The van der Waals surface area contributed by atoms with Crippen LogP contribution in [0.25, 0.3) is 17.3 Å². The van der Waals surface area contributed by atoms with Gasteiger partial charge < -0.3 is 20.5 Å². The summed E-state index contributed by atoms with van der Waals surface area (Å²) in [5.41, 5.74) is 6.83. The van der Waals surface area contributed by atoms with Crippen LogP contribution in [0.15, 0.2) is 67.8 Å². The number of nitrogens with zero attached hydrogens (tertiary/aromatic N) is 8. The predicted molar refractivity (Wildman–Crippen MR) is 132 cm³/mol. The monoisotopic (exact) mass is 502 g/mol. The second-order valence-electron chi connectivity index (χ2n) is 8.19. The molecular formula is C24H23FN10O2. The van der Waals surface area contributed by atoms with Gasteiger partial charge >= 0.3 is 0 Å². The molecule has 1 saturated heterocycles. The standard InChI is InChI=1S/C24H23FN10O2/c1-2-18(25)20-17(14-27-21(20)23(26)34-9-8-28-30-34)22(36)24(37)33-12-10-32(11-13-33)19-15-29-31-35(19)16-6-4-3-5-7-16/h2-9,14-15,27H,1,10-13,26H2/b20-18+,23-21-.